The van der Waals surface area contributed by atoms with Gasteiger partial charge in [-0.25, -0.2) is 9.97 Å². The van der Waals surface area contributed by atoms with Gasteiger partial charge < -0.3 is 5.32 Å². The molecule has 2 rings (SSSR count). The lowest BCUT2D eigenvalue weighted by molar-refractivity contribution is 0.554. The molecule has 1 aromatic heterocycles. The van der Waals surface area contributed by atoms with Crippen LogP contribution in [0.15, 0.2) is 12.4 Å². The Morgan fingerprint density at radius 2 is 2.20 bits per heavy atom. The first-order chi connectivity index (χ1) is 7.31. The van der Waals surface area contributed by atoms with Gasteiger partial charge in [-0.3, -0.25) is 0 Å². The number of hydrogen-bond donors (Lipinski definition) is 1. The van der Waals surface area contributed by atoms with Crippen molar-refractivity contribution in [1.29, 1.82) is 5.26 Å². The molecule has 0 aromatic carbocycles. The SMILES string of the molecule is CC1CCCC1Nc1nccnc1C#N. The average Bonchev–Trinajstić information content (AvgIpc) is 2.65. The molecule has 78 valence electrons. The molecule has 1 aromatic rings. The summed E-state index contributed by atoms with van der Waals surface area (Å²) in [6.07, 6.45) is 6.81. The van der Waals surface area contributed by atoms with E-state index in [9.17, 15) is 0 Å². The Labute approximate surface area is 89.4 Å². The molecule has 1 N–H and O–H groups in total. The van der Waals surface area contributed by atoms with Crippen LogP contribution < -0.4 is 5.32 Å². The summed E-state index contributed by atoms with van der Waals surface area (Å²) in [5.74, 6) is 1.28. The lowest BCUT2D eigenvalue weighted by Gasteiger charge is -2.17. The molecule has 1 aliphatic carbocycles. The maximum Gasteiger partial charge on any atom is 0.182 e. The molecule has 0 aliphatic heterocycles. The molecule has 0 spiro atoms. The van der Waals surface area contributed by atoms with Gasteiger partial charge in [-0.05, 0) is 18.8 Å². The third kappa shape index (κ3) is 2.07. The van der Waals surface area contributed by atoms with Crippen molar-refractivity contribution in [3.63, 3.8) is 0 Å². The van der Waals surface area contributed by atoms with Crippen molar-refractivity contribution in [1.82, 2.24) is 9.97 Å². The Balaban J connectivity index is 2.14. The van der Waals surface area contributed by atoms with Crippen LogP contribution >= 0.6 is 0 Å². The molecule has 2 unspecified atom stereocenters. The van der Waals surface area contributed by atoms with Crippen LogP contribution in [-0.4, -0.2) is 16.0 Å². The van der Waals surface area contributed by atoms with Crippen molar-refractivity contribution >= 4 is 5.82 Å². The standard InChI is InChI=1S/C11H14N4/c1-8-3-2-4-9(8)15-11-10(7-12)13-5-6-14-11/h5-6,8-9H,2-4H2,1H3,(H,14,15). The fourth-order valence-corrected chi connectivity index (χ4v) is 2.06. The second kappa shape index (κ2) is 4.26. The van der Waals surface area contributed by atoms with Crippen molar-refractivity contribution in [3.05, 3.63) is 18.1 Å². The maximum atomic E-state index is 8.87. The molecule has 1 aliphatic rings. The van der Waals surface area contributed by atoms with Crippen molar-refractivity contribution in [3.8, 4) is 6.07 Å². The van der Waals surface area contributed by atoms with Gasteiger partial charge in [-0.1, -0.05) is 13.3 Å². The first-order valence-corrected chi connectivity index (χ1v) is 5.29. The van der Waals surface area contributed by atoms with Crippen LogP contribution in [0.3, 0.4) is 0 Å². The average molecular weight is 202 g/mol. The van der Waals surface area contributed by atoms with E-state index in [2.05, 4.69) is 22.2 Å². The van der Waals surface area contributed by atoms with Crippen LogP contribution in [0, 0.1) is 17.2 Å². The van der Waals surface area contributed by atoms with Crippen molar-refractivity contribution in [2.24, 2.45) is 5.92 Å². The fourth-order valence-electron chi connectivity index (χ4n) is 2.06. The zero-order valence-corrected chi connectivity index (χ0v) is 8.77. The number of nitrogens with zero attached hydrogens (tertiary/aromatic N) is 3. The third-order valence-corrected chi connectivity index (χ3v) is 2.99. The van der Waals surface area contributed by atoms with Crippen LogP contribution in [0.1, 0.15) is 31.9 Å². The van der Waals surface area contributed by atoms with Gasteiger partial charge in [0.2, 0.25) is 0 Å². The van der Waals surface area contributed by atoms with E-state index in [4.69, 9.17) is 5.26 Å². The summed E-state index contributed by atoms with van der Waals surface area (Å²) in [4.78, 5) is 8.13. The molecule has 4 heteroatoms. The summed E-state index contributed by atoms with van der Waals surface area (Å²) in [7, 11) is 0. The van der Waals surface area contributed by atoms with Crippen LogP contribution in [0.2, 0.25) is 0 Å². The van der Waals surface area contributed by atoms with E-state index in [1.54, 1.807) is 12.4 Å². The highest BCUT2D eigenvalue weighted by Crippen LogP contribution is 2.27. The van der Waals surface area contributed by atoms with Gasteiger partial charge in [0.1, 0.15) is 6.07 Å². The Morgan fingerprint density at radius 3 is 2.87 bits per heavy atom. The van der Waals surface area contributed by atoms with Gasteiger partial charge in [0.25, 0.3) is 0 Å². The molecule has 0 saturated heterocycles. The van der Waals surface area contributed by atoms with Gasteiger partial charge in [0, 0.05) is 18.4 Å². The number of hydrogen-bond acceptors (Lipinski definition) is 4. The van der Waals surface area contributed by atoms with E-state index in [1.165, 1.54) is 12.8 Å². The molecule has 1 saturated carbocycles. The number of aromatic nitrogens is 2. The number of rotatable bonds is 2. The number of nitriles is 1. The first kappa shape index (κ1) is 9.91. The summed E-state index contributed by atoms with van der Waals surface area (Å²) >= 11 is 0. The normalized spacial score (nSPS) is 24.8. The van der Waals surface area contributed by atoms with Crippen LogP contribution in [-0.2, 0) is 0 Å². The minimum atomic E-state index is 0.386. The van der Waals surface area contributed by atoms with Crippen molar-refractivity contribution in [2.45, 2.75) is 32.2 Å². The maximum absolute atomic E-state index is 8.87. The minimum absolute atomic E-state index is 0.386. The summed E-state index contributed by atoms with van der Waals surface area (Å²) in [5.41, 5.74) is 0.386. The molecule has 4 nitrogen and oxygen atoms in total. The highest BCUT2D eigenvalue weighted by molar-refractivity contribution is 5.47. The second-order valence-corrected chi connectivity index (χ2v) is 4.02. The van der Waals surface area contributed by atoms with E-state index in [0.29, 0.717) is 23.5 Å². The van der Waals surface area contributed by atoms with Crippen molar-refractivity contribution < 1.29 is 0 Å². The largest absolute Gasteiger partial charge is 0.365 e. The number of nitrogens with one attached hydrogen (secondary N) is 1. The topological polar surface area (TPSA) is 61.6 Å². The molecule has 1 fully saturated rings. The zero-order valence-electron chi connectivity index (χ0n) is 8.77. The Kier molecular flexibility index (Phi) is 2.82. The van der Waals surface area contributed by atoms with E-state index >= 15 is 0 Å². The Morgan fingerprint density at radius 1 is 1.40 bits per heavy atom. The van der Waals surface area contributed by atoms with Gasteiger partial charge in [-0.2, -0.15) is 5.26 Å². The van der Waals surface area contributed by atoms with Gasteiger partial charge >= 0.3 is 0 Å². The molecule has 15 heavy (non-hydrogen) atoms. The first-order valence-electron chi connectivity index (χ1n) is 5.29. The summed E-state index contributed by atoms with van der Waals surface area (Å²) in [6.45, 7) is 2.23. The molecular weight excluding hydrogens is 188 g/mol. The lowest BCUT2D eigenvalue weighted by atomic mass is 10.1. The molecule has 0 bridgehead atoms. The smallest absolute Gasteiger partial charge is 0.182 e. The van der Waals surface area contributed by atoms with Crippen LogP contribution in [0.5, 0.6) is 0 Å². The molecular formula is C11H14N4. The molecule has 2 atom stereocenters. The summed E-state index contributed by atoms with van der Waals surface area (Å²) < 4.78 is 0. The Bertz CT molecular complexity index is 382. The predicted octanol–water partition coefficient (Wildman–Crippen LogP) is 1.95. The summed E-state index contributed by atoms with van der Waals surface area (Å²) in [6, 6.07) is 2.49. The van der Waals surface area contributed by atoms with E-state index < -0.39 is 0 Å². The minimum Gasteiger partial charge on any atom is -0.365 e. The lowest BCUT2D eigenvalue weighted by Crippen LogP contribution is -2.23. The highest BCUT2D eigenvalue weighted by Gasteiger charge is 2.24. The van der Waals surface area contributed by atoms with E-state index in [0.717, 1.165) is 6.42 Å². The Hall–Kier alpha value is -1.63. The highest BCUT2D eigenvalue weighted by atomic mass is 15.0. The fraction of sp³-hybridized carbons (Fsp3) is 0.545. The van der Waals surface area contributed by atoms with E-state index in [-0.39, 0.29) is 0 Å². The zero-order chi connectivity index (χ0) is 10.7. The monoisotopic (exact) mass is 202 g/mol. The predicted molar refractivity (Wildman–Crippen MR) is 57.2 cm³/mol. The van der Waals surface area contributed by atoms with Gasteiger partial charge in [-0.15, -0.1) is 0 Å². The van der Waals surface area contributed by atoms with E-state index in [1.807, 2.05) is 6.07 Å². The van der Waals surface area contributed by atoms with Gasteiger partial charge in [0.05, 0.1) is 0 Å². The molecule has 0 radical (unpaired) electrons. The van der Waals surface area contributed by atoms with Crippen molar-refractivity contribution in [2.75, 3.05) is 5.32 Å². The molecule has 1 heterocycles. The van der Waals surface area contributed by atoms with Gasteiger partial charge in [0.15, 0.2) is 11.5 Å². The third-order valence-electron chi connectivity index (χ3n) is 2.99. The molecule has 0 amide bonds. The second-order valence-electron chi connectivity index (χ2n) is 4.02. The van der Waals surface area contributed by atoms with Crippen LogP contribution in [0.25, 0.3) is 0 Å². The van der Waals surface area contributed by atoms with Crippen LogP contribution in [0.4, 0.5) is 5.82 Å². The quantitative estimate of drug-likeness (QED) is 0.796. The number of anilines is 1. The summed E-state index contributed by atoms with van der Waals surface area (Å²) in [5, 5.41) is 12.2.